The first-order valence-electron chi connectivity index (χ1n) is 12.4. The van der Waals surface area contributed by atoms with Gasteiger partial charge in [-0.1, -0.05) is 12.8 Å². The second-order valence-corrected chi connectivity index (χ2v) is 9.28. The predicted octanol–water partition coefficient (Wildman–Crippen LogP) is 5.48. The second-order valence-electron chi connectivity index (χ2n) is 9.28. The summed E-state index contributed by atoms with van der Waals surface area (Å²) in [6.45, 7) is 3.13. The van der Waals surface area contributed by atoms with Gasteiger partial charge in [0, 0.05) is 24.7 Å². The molecule has 7 nitrogen and oxygen atoms in total. The molecule has 1 aromatic carbocycles. The third kappa shape index (κ3) is 4.74. The molecule has 8 heteroatoms. The Kier molecular flexibility index (Phi) is 6.70. The van der Waals surface area contributed by atoms with Gasteiger partial charge in [0.15, 0.2) is 11.5 Å². The maximum absolute atomic E-state index is 13.5. The van der Waals surface area contributed by atoms with Crippen molar-refractivity contribution in [1.29, 1.82) is 0 Å². The number of hydrogen-bond acceptors (Lipinski definition) is 5. The molecule has 0 N–H and O–H groups in total. The van der Waals surface area contributed by atoms with E-state index in [0.717, 1.165) is 36.9 Å². The van der Waals surface area contributed by atoms with Crippen LogP contribution < -0.4 is 0 Å². The van der Waals surface area contributed by atoms with Crippen LogP contribution >= 0.6 is 0 Å². The normalized spacial score (nSPS) is 17.1. The van der Waals surface area contributed by atoms with Crippen molar-refractivity contribution in [3.8, 4) is 22.7 Å². The van der Waals surface area contributed by atoms with Crippen molar-refractivity contribution in [3.63, 3.8) is 0 Å². The number of carbonyl (C=O) groups is 2. The van der Waals surface area contributed by atoms with Crippen molar-refractivity contribution < 1.29 is 23.1 Å². The fourth-order valence-corrected chi connectivity index (χ4v) is 5.20. The number of hydrogen-bond donors (Lipinski definition) is 0. The summed E-state index contributed by atoms with van der Waals surface area (Å²) in [5, 5.41) is 0. The minimum atomic E-state index is -0.303. The molecule has 0 radical (unpaired) electrons. The number of ether oxygens (including phenoxy) is 1. The second kappa shape index (κ2) is 10.1. The molecule has 0 atom stereocenters. The molecule has 1 aliphatic carbocycles. The highest BCUT2D eigenvalue weighted by Gasteiger charge is 2.31. The van der Waals surface area contributed by atoms with Gasteiger partial charge in [-0.05, 0) is 69.0 Å². The van der Waals surface area contributed by atoms with Crippen molar-refractivity contribution in [2.24, 2.45) is 5.92 Å². The topological polar surface area (TPSA) is 77.6 Å². The number of esters is 1. The van der Waals surface area contributed by atoms with Crippen LogP contribution in [0.2, 0.25) is 0 Å². The zero-order valence-electron chi connectivity index (χ0n) is 19.9. The van der Waals surface area contributed by atoms with Gasteiger partial charge < -0.3 is 18.6 Å². The number of nitrogens with zero attached hydrogens (tertiary/aromatic N) is 3. The molecular weight excluding hydrogens is 449 g/mol. The molecule has 2 fully saturated rings. The van der Waals surface area contributed by atoms with Gasteiger partial charge in [0.25, 0.3) is 5.91 Å². The van der Waals surface area contributed by atoms with Crippen molar-refractivity contribution >= 4 is 11.9 Å². The lowest BCUT2D eigenvalue weighted by atomic mass is 9.97. The Hall–Kier alpha value is -3.42. The SMILES string of the molecule is CCOC(=O)C1CCN(C(=O)c2ccc(-c3c(-c4ccc(F)cc4)ncn3C3CCCC3)o2)CC1. The van der Waals surface area contributed by atoms with Crippen LogP contribution in [0.4, 0.5) is 4.39 Å². The van der Waals surface area contributed by atoms with E-state index in [9.17, 15) is 14.0 Å². The van der Waals surface area contributed by atoms with Gasteiger partial charge in [0.1, 0.15) is 11.5 Å². The summed E-state index contributed by atoms with van der Waals surface area (Å²) >= 11 is 0. The Morgan fingerprint density at radius 2 is 1.77 bits per heavy atom. The average Bonchev–Trinajstić information content (AvgIpc) is 3.64. The van der Waals surface area contributed by atoms with Gasteiger partial charge >= 0.3 is 5.97 Å². The third-order valence-electron chi connectivity index (χ3n) is 7.08. The molecule has 1 aliphatic heterocycles. The van der Waals surface area contributed by atoms with E-state index in [1.54, 1.807) is 30.0 Å². The van der Waals surface area contributed by atoms with Crippen molar-refractivity contribution in [2.45, 2.75) is 51.5 Å². The third-order valence-corrected chi connectivity index (χ3v) is 7.08. The van der Waals surface area contributed by atoms with Gasteiger partial charge in [-0.2, -0.15) is 0 Å². The molecule has 0 spiro atoms. The lowest BCUT2D eigenvalue weighted by Crippen LogP contribution is -2.40. The molecule has 1 amide bonds. The molecule has 3 heterocycles. The number of piperidine rings is 1. The zero-order chi connectivity index (χ0) is 24.4. The first-order chi connectivity index (χ1) is 17.0. The molecule has 3 aromatic rings. The van der Waals surface area contributed by atoms with E-state index in [4.69, 9.17) is 9.15 Å². The molecule has 5 rings (SSSR count). The van der Waals surface area contributed by atoms with E-state index in [1.807, 2.05) is 12.4 Å². The Morgan fingerprint density at radius 3 is 2.46 bits per heavy atom. The van der Waals surface area contributed by atoms with E-state index < -0.39 is 0 Å². The van der Waals surface area contributed by atoms with Gasteiger partial charge in [0.05, 0.1) is 24.5 Å². The quantitative estimate of drug-likeness (QED) is 0.438. The van der Waals surface area contributed by atoms with Crippen LogP contribution in [0.5, 0.6) is 0 Å². The Balaban J connectivity index is 1.40. The summed E-state index contributed by atoms with van der Waals surface area (Å²) < 4.78 is 26.9. The van der Waals surface area contributed by atoms with E-state index in [-0.39, 0.29) is 29.4 Å². The fourth-order valence-electron chi connectivity index (χ4n) is 5.20. The van der Waals surface area contributed by atoms with Crippen molar-refractivity contribution in [3.05, 3.63) is 54.3 Å². The average molecular weight is 480 g/mol. The molecular formula is C27H30FN3O4. The predicted molar refractivity (Wildman–Crippen MR) is 128 cm³/mol. The van der Waals surface area contributed by atoms with Crippen LogP contribution in [0, 0.1) is 11.7 Å². The van der Waals surface area contributed by atoms with Gasteiger partial charge in [-0.25, -0.2) is 9.37 Å². The summed E-state index contributed by atoms with van der Waals surface area (Å²) in [5.41, 5.74) is 2.31. The highest BCUT2D eigenvalue weighted by molar-refractivity contribution is 5.92. The molecule has 35 heavy (non-hydrogen) atoms. The van der Waals surface area contributed by atoms with Crippen LogP contribution in [-0.4, -0.2) is 46.0 Å². The first kappa shape index (κ1) is 23.3. The number of furan rings is 1. The fraction of sp³-hybridized carbons (Fsp3) is 0.444. The number of carbonyl (C=O) groups excluding carboxylic acids is 2. The Bertz CT molecular complexity index is 1190. The summed E-state index contributed by atoms with van der Waals surface area (Å²) in [4.78, 5) is 31.6. The lowest BCUT2D eigenvalue weighted by molar-refractivity contribution is -0.149. The number of rotatable bonds is 6. The van der Waals surface area contributed by atoms with E-state index in [0.29, 0.717) is 50.0 Å². The minimum absolute atomic E-state index is 0.162. The summed E-state index contributed by atoms with van der Waals surface area (Å²) in [6.07, 6.45) is 7.45. The van der Waals surface area contributed by atoms with Crippen LogP contribution in [0.3, 0.4) is 0 Å². The lowest BCUT2D eigenvalue weighted by Gasteiger charge is -2.30. The number of imidazole rings is 1. The number of benzene rings is 1. The molecule has 184 valence electrons. The van der Waals surface area contributed by atoms with Crippen molar-refractivity contribution in [1.82, 2.24) is 14.5 Å². The smallest absolute Gasteiger partial charge is 0.309 e. The first-order valence-corrected chi connectivity index (χ1v) is 12.4. The number of amides is 1. The number of halogens is 1. The highest BCUT2D eigenvalue weighted by atomic mass is 19.1. The molecule has 1 saturated carbocycles. The van der Waals surface area contributed by atoms with Crippen molar-refractivity contribution in [2.75, 3.05) is 19.7 Å². The van der Waals surface area contributed by atoms with E-state index >= 15 is 0 Å². The summed E-state index contributed by atoms with van der Waals surface area (Å²) in [5.74, 6) is -0.00664. The number of aromatic nitrogens is 2. The maximum atomic E-state index is 13.5. The van der Waals surface area contributed by atoms with Crippen LogP contribution in [0.15, 0.2) is 47.1 Å². The van der Waals surface area contributed by atoms with E-state index in [2.05, 4.69) is 9.55 Å². The van der Waals surface area contributed by atoms with Gasteiger partial charge in [0.2, 0.25) is 0 Å². The minimum Gasteiger partial charge on any atom is -0.466 e. The molecule has 0 unspecified atom stereocenters. The Morgan fingerprint density at radius 1 is 1.06 bits per heavy atom. The van der Waals surface area contributed by atoms with Crippen LogP contribution in [-0.2, 0) is 9.53 Å². The van der Waals surface area contributed by atoms with Crippen LogP contribution in [0.25, 0.3) is 22.7 Å². The van der Waals surface area contributed by atoms with Crippen LogP contribution in [0.1, 0.15) is 62.0 Å². The number of likely N-dealkylation sites (tertiary alicyclic amines) is 1. The molecule has 2 aromatic heterocycles. The monoisotopic (exact) mass is 479 g/mol. The van der Waals surface area contributed by atoms with Gasteiger partial charge in [-0.15, -0.1) is 0 Å². The van der Waals surface area contributed by atoms with E-state index in [1.165, 1.54) is 12.1 Å². The largest absolute Gasteiger partial charge is 0.466 e. The zero-order valence-corrected chi connectivity index (χ0v) is 19.9. The molecule has 2 aliphatic rings. The summed E-state index contributed by atoms with van der Waals surface area (Å²) in [6, 6.07) is 10.1. The standard InChI is InChI=1S/C27H30FN3O4/c1-2-34-27(33)19-13-15-30(16-14-19)26(32)23-12-11-22(35-23)25-24(18-7-9-20(28)10-8-18)29-17-31(25)21-5-3-4-6-21/h7-12,17,19,21H,2-6,13-16H2,1H3. The molecule has 0 bridgehead atoms. The maximum Gasteiger partial charge on any atom is 0.309 e. The Labute approximate surface area is 203 Å². The highest BCUT2D eigenvalue weighted by Crippen LogP contribution is 2.39. The van der Waals surface area contributed by atoms with Gasteiger partial charge in [-0.3, -0.25) is 9.59 Å². The molecule has 1 saturated heterocycles. The summed E-state index contributed by atoms with van der Waals surface area (Å²) in [7, 11) is 0.